The van der Waals surface area contributed by atoms with Gasteiger partial charge in [-0.2, -0.15) is 0 Å². The number of likely N-dealkylation sites (tertiary alicyclic amines) is 1. The Bertz CT molecular complexity index is 693. The maximum Gasteiger partial charge on any atom is 0.240 e. The topological polar surface area (TPSA) is 58.6 Å². The first kappa shape index (κ1) is 21.2. The molecular weight excluding hydrogens is 348 g/mol. The number of aryl methyl sites for hydroxylation is 1. The van der Waals surface area contributed by atoms with Crippen molar-refractivity contribution in [2.24, 2.45) is 5.92 Å². The summed E-state index contributed by atoms with van der Waals surface area (Å²) < 4.78 is 33.7. The molecule has 1 fully saturated rings. The molecule has 0 atom stereocenters. The monoisotopic (exact) mass is 382 g/mol. The number of hydrogen-bond donors (Lipinski definition) is 1. The summed E-state index contributed by atoms with van der Waals surface area (Å²) in [6.07, 6.45) is 3.32. The molecule has 5 nitrogen and oxygen atoms in total. The van der Waals surface area contributed by atoms with E-state index in [4.69, 9.17) is 4.74 Å². The predicted octanol–water partition coefficient (Wildman–Crippen LogP) is 3.53. The molecule has 0 radical (unpaired) electrons. The Hall–Kier alpha value is -1.11. The van der Waals surface area contributed by atoms with Crippen LogP contribution in [0.2, 0.25) is 0 Å². The van der Waals surface area contributed by atoms with Crippen molar-refractivity contribution in [2.75, 3.05) is 33.3 Å². The minimum absolute atomic E-state index is 0.195. The number of benzene rings is 1. The lowest BCUT2D eigenvalue weighted by atomic mass is 9.99. The van der Waals surface area contributed by atoms with E-state index in [1.165, 1.54) is 12.8 Å². The highest BCUT2D eigenvalue weighted by atomic mass is 32.2. The summed E-state index contributed by atoms with van der Waals surface area (Å²) >= 11 is 0. The number of hydrogen-bond acceptors (Lipinski definition) is 4. The molecule has 0 aromatic heterocycles. The van der Waals surface area contributed by atoms with Crippen LogP contribution in [-0.4, -0.2) is 46.6 Å². The molecule has 1 aliphatic rings. The van der Waals surface area contributed by atoms with E-state index < -0.39 is 10.0 Å². The van der Waals surface area contributed by atoms with Crippen molar-refractivity contribution in [3.05, 3.63) is 23.3 Å². The van der Waals surface area contributed by atoms with E-state index in [0.29, 0.717) is 17.0 Å². The summed E-state index contributed by atoms with van der Waals surface area (Å²) in [4.78, 5) is 2.79. The largest absolute Gasteiger partial charge is 0.496 e. The van der Waals surface area contributed by atoms with Crippen molar-refractivity contribution in [3.63, 3.8) is 0 Å². The predicted molar refractivity (Wildman–Crippen MR) is 106 cm³/mol. The van der Waals surface area contributed by atoms with Gasteiger partial charge in [0.1, 0.15) is 5.75 Å². The second kappa shape index (κ2) is 9.20. The Morgan fingerprint density at radius 2 is 1.92 bits per heavy atom. The highest BCUT2D eigenvalue weighted by Gasteiger charge is 2.21. The van der Waals surface area contributed by atoms with E-state index in [0.717, 1.165) is 43.3 Å². The molecule has 6 heteroatoms. The molecule has 0 spiro atoms. The van der Waals surface area contributed by atoms with E-state index in [9.17, 15) is 8.42 Å². The third kappa shape index (κ3) is 5.44. The van der Waals surface area contributed by atoms with Crippen molar-refractivity contribution in [2.45, 2.75) is 57.8 Å². The Morgan fingerprint density at radius 3 is 2.50 bits per heavy atom. The molecule has 1 heterocycles. The molecule has 0 aliphatic carbocycles. The van der Waals surface area contributed by atoms with Crippen molar-refractivity contribution in [3.8, 4) is 5.75 Å². The van der Waals surface area contributed by atoms with Crippen LogP contribution in [0.5, 0.6) is 5.75 Å². The third-order valence-corrected chi connectivity index (χ3v) is 6.86. The van der Waals surface area contributed by atoms with E-state index in [1.54, 1.807) is 13.2 Å². The van der Waals surface area contributed by atoms with Gasteiger partial charge in [0, 0.05) is 6.54 Å². The summed E-state index contributed by atoms with van der Waals surface area (Å²) in [6, 6.07) is 3.58. The number of sulfonamides is 1. The fraction of sp³-hybridized carbons (Fsp3) is 0.700. The second-order valence-corrected chi connectivity index (χ2v) is 9.53. The number of nitrogens with zero attached hydrogens (tertiary/aromatic N) is 1. The molecule has 1 aromatic rings. The van der Waals surface area contributed by atoms with E-state index in [1.807, 2.05) is 26.8 Å². The molecule has 0 amide bonds. The van der Waals surface area contributed by atoms with Crippen LogP contribution in [0.3, 0.4) is 0 Å². The van der Waals surface area contributed by atoms with Gasteiger partial charge in [-0.15, -0.1) is 0 Å². The maximum absolute atomic E-state index is 12.8. The lowest BCUT2D eigenvalue weighted by Gasteiger charge is -2.30. The fourth-order valence-corrected chi connectivity index (χ4v) is 4.80. The Labute approximate surface area is 159 Å². The number of piperidine rings is 1. The van der Waals surface area contributed by atoms with E-state index in [-0.39, 0.29) is 5.92 Å². The van der Waals surface area contributed by atoms with E-state index in [2.05, 4.69) is 16.5 Å². The molecule has 0 bridgehead atoms. The van der Waals surface area contributed by atoms with Gasteiger partial charge < -0.3 is 9.64 Å². The number of methoxy groups -OCH3 is 1. The molecule has 2 rings (SSSR count). The smallest absolute Gasteiger partial charge is 0.240 e. The van der Waals surface area contributed by atoms with Crippen LogP contribution < -0.4 is 9.46 Å². The van der Waals surface area contributed by atoms with Crippen LogP contribution in [0.1, 0.15) is 57.1 Å². The first-order chi connectivity index (χ1) is 12.2. The fourth-order valence-electron chi connectivity index (χ4n) is 3.47. The van der Waals surface area contributed by atoms with Gasteiger partial charge in [-0.1, -0.05) is 20.8 Å². The molecule has 1 aromatic carbocycles. The van der Waals surface area contributed by atoms with Gasteiger partial charge in [-0.25, -0.2) is 13.1 Å². The molecule has 0 unspecified atom stereocenters. The molecule has 1 saturated heterocycles. The van der Waals surface area contributed by atoms with Crippen LogP contribution in [0, 0.1) is 12.8 Å². The zero-order valence-corrected chi connectivity index (χ0v) is 17.7. The lowest BCUT2D eigenvalue weighted by Crippen LogP contribution is -2.35. The van der Waals surface area contributed by atoms with Crippen molar-refractivity contribution < 1.29 is 13.2 Å². The van der Waals surface area contributed by atoms with Crippen LogP contribution in [-0.2, 0) is 10.0 Å². The zero-order chi connectivity index (χ0) is 19.3. The average Bonchev–Trinajstić information content (AvgIpc) is 2.59. The van der Waals surface area contributed by atoms with Gasteiger partial charge in [0.15, 0.2) is 0 Å². The minimum atomic E-state index is -3.51. The number of ether oxygens (including phenoxy) is 1. The van der Waals surface area contributed by atoms with Gasteiger partial charge in [0.05, 0.1) is 12.0 Å². The first-order valence-electron chi connectivity index (χ1n) is 9.65. The highest BCUT2D eigenvalue weighted by molar-refractivity contribution is 7.89. The van der Waals surface area contributed by atoms with Crippen LogP contribution in [0.15, 0.2) is 17.0 Å². The maximum atomic E-state index is 12.8. The summed E-state index contributed by atoms with van der Waals surface area (Å²) in [7, 11) is -1.89. The first-order valence-corrected chi connectivity index (χ1v) is 11.1. The number of nitrogens with one attached hydrogen (secondary N) is 1. The Kier molecular flexibility index (Phi) is 7.50. The summed E-state index contributed by atoms with van der Waals surface area (Å²) in [5.74, 6) is 1.76. The average molecular weight is 383 g/mol. The summed E-state index contributed by atoms with van der Waals surface area (Å²) in [5.41, 5.74) is 1.63. The Balaban J connectivity index is 1.98. The normalized spacial score (nSPS) is 17.0. The minimum Gasteiger partial charge on any atom is -0.496 e. The lowest BCUT2D eigenvalue weighted by molar-refractivity contribution is 0.191. The third-order valence-electron chi connectivity index (χ3n) is 5.26. The second-order valence-electron chi connectivity index (χ2n) is 7.79. The van der Waals surface area contributed by atoms with Crippen LogP contribution in [0.25, 0.3) is 0 Å². The molecule has 26 heavy (non-hydrogen) atoms. The molecule has 148 valence electrons. The molecule has 0 saturated carbocycles. The molecule has 1 N–H and O–H groups in total. The van der Waals surface area contributed by atoms with Crippen LogP contribution in [0.4, 0.5) is 0 Å². The molecule has 1 aliphatic heterocycles. The van der Waals surface area contributed by atoms with Crippen molar-refractivity contribution >= 4 is 10.0 Å². The quantitative estimate of drug-likeness (QED) is 0.699. The standard InChI is InChI=1S/C20H34N2O3S/c1-15(2)18-14-20(17(4)13-19(18)25-5)26(23,24)21-9-6-10-22-11-7-16(3)8-12-22/h13-16,21H,6-12H2,1-5H3. The summed E-state index contributed by atoms with van der Waals surface area (Å²) in [6.45, 7) is 11.9. The Morgan fingerprint density at radius 1 is 1.27 bits per heavy atom. The van der Waals surface area contributed by atoms with E-state index >= 15 is 0 Å². The SMILES string of the molecule is COc1cc(C)c(S(=O)(=O)NCCCN2CCC(C)CC2)cc1C(C)C. The van der Waals surface area contributed by atoms with Crippen molar-refractivity contribution in [1.29, 1.82) is 0 Å². The van der Waals surface area contributed by atoms with Crippen LogP contribution >= 0.6 is 0 Å². The molecular formula is C20H34N2O3S. The van der Waals surface area contributed by atoms with Gasteiger partial charge in [0.25, 0.3) is 0 Å². The highest BCUT2D eigenvalue weighted by Crippen LogP contribution is 2.31. The van der Waals surface area contributed by atoms with Gasteiger partial charge in [0.2, 0.25) is 10.0 Å². The number of rotatable bonds is 8. The van der Waals surface area contributed by atoms with Gasteiger partial charge in [-0.05, 0) is 80.9 Å². The van der Waals surface area contributed by atoms with Crippen molar-refractivity contribution in [1.82, 2.24) is 9.62 Å². The summed E-state index contributed by atoms with van der Waals surface area (Å²) in [5, 5.41) is 0. The zero-order valence-electron chi connectivity index (χ0n) is 16.8. The van der Waals surface area contributed by atoms with Gasteiger partial charge in [-0.3, -0.25) is 0 Å². The van der Waals surface area contributed by atoms with Gasteiger partial charge >= 0.3 is 0 Å².